The van der Waals surface area contributed by atoms with Crippen molar-refractivity contribution in [2.45, 2.75) is 31.2 Å². The number of anilines is 1. The molecule has 0 radical (unpaired) electrons. The van der Waals surface area contributed by atoms with Gasteiger partial charge in [0.05, 0.1) is 11.4 Å². The third-order valence-corrected chi connectivity index (χ3v) is 6.40. The molecule has 0 bridgehead atoms. The molecule has 1 amide bonds. The molecule has 30 heavy (non-hydrogen) atoms. The second-order valence-electron chi connectivity index (χ2n) is 7.43. The average Bonchev–Trinajstić information content (AvgIpc) is 2.72. The van der Waals surface area contributed by atoms with Crippen LogP contribution in [0.15, 0.2) is 52.4 Å². The Bertz CT molecular complexity index is 1060. The number of hydrogen-bond donors (Lipinski definition) is 2. The van der Waals surface area contributed by atoms with Crippen LogP contribution in [0.5, 0.6) is 0 Å². The van der Waals surface area contributed by atoms with E-state index < -0.39 is 9.84 Å². The standard InChI is InChI=1S/C22H28N4O3S/c1-16-13-17(10-11-20(16)30(3,28)29)14-24-22(23-2)25-15-21(27)26-12-6-8-18-7-4-5-9-19(18)26/h4-5,7,9-11,13H,6,8,12,14-15H2,1-3H3,(H2,23,24,25). The fourth-order valence-electron chi connectivity index (χ4n) is 3.69. The first kappa shape index (κ1) is 21.8. The van der Waals surface area contributed by atoms with Gasteiger partial charge in [-0.3, -0.25) is 9.79 Å². The molecule has 0 unspecified atom stereocenters. The average molecular weight is 429 g/mol. The molecular formula is C22H28N4O3S. The lowest BCUT2D eigenvalue weighted by Gasteiger charge is -2.29. The molecule has 2 aromatic carbocycles. The van der Waals surface area contributed by atoms with Gasteiger partial charge in [-0.25, -0.2) is 8.42 Å². The molecule has 0 aromatic heterocycles. The predicted octanol–water partition coefficient (Wildman–Crippen LogP) is 2.04. The molecule has 1 heterocycles. The van der Waals surface area contributed by atoms with Crippen LogP contribution < -0.4 is 15.5 Å². The summed E-state index contributed by atoms with van der Waals surface area (Å²) in [5, 5.41) is 6.24. The Kier molecular flexibility index (Phi) is 6.77. The summed E-state index contributed by atoms with van der Waals surface area (Å²) in [7, 11) is -1.59. The van der Waals surface area contributed by atoms with Crippen LogP contribution in [0.4, 0.5) is 5.69 Å². The first-order chi connectivity index (χ1) is 14.3. The number of guanidine groups is 1. The van der Waals surface area contributed by atoms with E-state index in [9.17, 15) is 13.2 Å². The number of rotatable bonds is 5. The Morgan fingerprint density at radius 1 is 1.17 bits per heavy atom. The number of hydrogen-bond acceptors (Lipinski definition) is 4. The van der Waals surface area contributed by atoms with Gasteiger partial charge >= 0.3 is 0 Å². The van der Waals surface area contributed by atoms with E-state index in [1.807, 2.05) is 29.2 Å². The van der Waals surface area contributed by atoms with E-state index in [2.05, 4.69) is 21.7 Å². The third kappa shape index (κ3) is 5.18. The Balaban J connectivity index is 1.57. The number of sulfone groups is 1. The summed E-state index contributed by atoms with van der Waals surface area (Å²) in [6.45, 7) is 3.10. The van der Waals surface area contributed by atoms with Crippen molar-refractivity contribution in [3.63, 3.8) is 0 Å². The first-order valence-electron chi connectivity index (χ1n) is 9.92. The van der Waals surface area contributed by atoms with Crippen molar-refractivity contribution in [3.8, 4) is 0 Å². The van der Waals surface area contributed by atoms with Gasteiger partial charge in [0.2, 0.25) is 5.91 Å². The second kappa shape index (κ2) is 9.30. The lowest BCUT2D eigenvalue weighted by atomic mass is 10.0. The highest BCUT2D eigenvalue weighted by Crippen LogP contribution is 2.26. The molecule has 2 aromatic rings. The van der Waals surface area contributed by atoms with Crippen molar-refractivity contribution in [2.75, 3.05) is 31.3 Å². The Hall–Kier alpha value is -2.87. The molecule has 8 heteroatoms. The van der Waals surface area contributed by atoms with Gasteiger partial charge in [0.15, 0.2) is 15.8 Å². The minimum atomic E-state index is -3.23. The molecule has 1 aliphatic rings. The molecule has 0 saturated heterocycles. The number of carbonyl (C=O) groups excluding carboxylic acids is 1. The quantitative estimate of drug-likeness (QED) is 0.562. The number of benzene rings is 2. The Labute approximate surface area is 178 Å². The number of nitrogens with zero attached hydrogens (tertiary/aromatic N) is 2. The number of nitrogens with one attached hydrogen (secondary N) is 2. The van der Waals surface area contributed by atoms with Crippen LogP contribution >= 0.6 is 0 Å². The van der Waals surface area contributed by atoms with Crippen LogP contribution in [-0.4, -0.2) is 46.7 Å². The monoisotopic (exact) mass is 428 g/mol. The van der Waals surface area contributed by atoms with E-state index in [4.69, 9.17) is 0 Å². The van der Waals surface area contributed by atoms with Gasteiger partial charge in [0.25, 0.3) is 0 Å². The number of carbonyl (C=O) groups is 1. The van der Waals surface area contributed by atoms with Crippen LogP contribution in [0, 0.1) is 6.92 Å². The summed E-state index contributed by atoms with van der Waals surface area (Å²) in [5.41, 5.74) is 3.82. The van der Waals surface area contributed by atoms with Gasteiger partial charge in [-0.05, 0) is 48.6 Å². The van der Waals surface area contributed by atoms with Crippen LogP contribution in [0.3, 0.4) is 0 Å². The lowest BCUT2D eigenvalue weighted by Crippen LogP contribution is -2.45. The molecule has 0 aliphatic carbocycles. The Morgan fingerprint density at radius 2 is 1.93 bits per heavy atom. The van der Waals surface area contributed by atoms with E-state index in [1.165, 1.54) is 11.8 Å². The number of aryl methyl sites for hydroxylation is 2. The van der Waals surface area contributed by atoms with Gasteiger partial charge < -0.3 is 15.5 Å². The van der Waals surface area contributed by atoms with Crippen LogP contribution in [0.2, 0.25) is 0 Å². The topological polar surface area (TPSA) is 90.9 Å². The van der Waals surface area contributed by atoms with Gasteiger partial charge in [-0.2, -0.15) is 0 Å². The minimum absolute atomic E-state index is 0.00144. The Morgan fingerprint density at radius 3 is 2.63 bits per heavy atom. The fourth-order valence-corrected chi connectivity index (χ4v) is 4.65. The normalized spacial score (nSPS) is 14.2. The van der Waals surface area contributed by atoms with E-state index >= 15 is 0 Å². The second-order valence-corrected chi connectivity index (χ2v) is 9.41. The largest absolute Gasteiger partial charge is 0.352 e. The van der Waals surface area contributed by atoms with Gasteiger partial charge in [0, 0.05) is 32.1 Å². The fraction of sp³-hybridized carbons (Fsp3) is 0.364. The number of para-hydroxylation sites is 1. The van der Waals surface area contributed by atoms with E-state index in [0.717, 1.165) is 30.6 Å². The smallest absolute Gasteiger partial charge is 0.246 e. The highest BCUT2D eigenvalue weighted by molar-refractivity contribution is 7.90. The zero-order chi connectivity index (χ0) is 21.7. The van der Waals surface area contributed by atoms with E-state index in [0.29, 0.717) is 23.0 Å². The molecule has 2 N–H and O–H groups in total. The van der Waals surface area contributed by atoms with Crippen molar-refractivity contribution >= 4 is 27.4 Å². The summed E-state index contributed by atoms with van der Waals surface area (Å²) in [5.74, 6) is 0.511. The van der Waals surface area contributed by atoms with Crippen LogP contribution in [-0.2, 0) is 27.6 Å². The molecule has 0 spiro atoms. The maximum Gasteiger partial charge on any atom is 0.246 e. The van der Waals surface area contributed by atoms with Crippen molar-refractivity contribution in [1.82, 2.24) is 10.6 Å². The molecule has 0 fully saturated rings. The summed E-state index contributed by atoms with van der Waals surface area (Å²) in [6, 6.07) is 13.2. The molecule has 3 rings (SSSR count). The molecular weight excluding hydrogens is 400 g/mol. The van der Waals surface area contributed by atoms with Crippen molar-refractivity contribution in [1.29, 1.82) is 0 Å². The molecule has 0 saturated carbocycles. The minimum Gasteiger partial charge on any atom is -0.352 e. The summed E-state index contributed by atoms with van der Waals surface area (Å²) >= 11 is 0. The number of amides is 1. The first-order valence-corrected chi connectivity index (χ1v) is 11.8. The van der Waals surface area contributed by atoms with Gasteiger partial charge in [-0.1, -0.05) is 30.3 Å². The summed E-state index contributed by atoms with van der Waals surface area (Å²) in [4.78, 5) is 19.1. The van der Waals surface area contributed by atoms with Crippen LogP contribution in [0.25, 0.3) is 0 Å². The van der Waals surface area contributed by atoms with Gasteiger partial charge in [0.1, 0.15) is 0 Å². The van der Waals surface area contributed by atoms with Crippen molar-refractivity contribution in [2.24, 2.45) is 4.99 Å². The van der Waals surface area contributed by atoms with Crippen LogP contribution in [0.1, 0.15) is 23.1 Å². The van der Waals surface area contributed by atoms with Gasteiger partial charge in [-0.15, -0.1) is 0 Å². The van der Waals surface area contributed by atoms with E-state index in [-0.39, 0.29) is 12.5 Å². The molecule has 0 atom stereocenters. The zero-order valence-electron chi connectivity index (χ0n) is 17.6. The zero-order valence-corrected chi connectivity index (χ0v) is 18.4. The highest BCUT2D eigenvalue weighted by Gasteiger charge is 2.22. The summed E-state index contributed by atoms with van der Waals surface area (Å²) in [6.07, 6.45) is 3.16. The molecule has 1 aliphatic heterocycles. The number of aliphatic imine (C=N–C) groups is 1. The van der Waals surface area contributed by atoms with Crippen molar-refractivity contribution < 1.29 is 13.2 Å². The molecule has 7 nitrogen and oxygen atoms in total. The van der Waals surface area contributed by atoms with Crippen molar-refractivity contribution in [3.05, 3.63) is 59.2 Å². The SMILES string of the molecule is CN=C(NCC(=O)N1CCCc2ccccc21)NCc1ccc(S(C)(=O)=O)c(C)c1. The maximum absolute atomic E-state index is 12.8. The lowest BCUT2D eigenvalue weighted by molar-refractivity contribution is -0.117. The summed E-state index contributed by atoms with van der Waals surface area (Å²) < 4.78 is 23.5. The number of fused-ring (bicyclic) bond motifs is 1. The highest BCUT2D eigenvalue weighted by atomic mass is 32.2. The third-order valence-electron chi connectivity index (χ3n) is 5.14. The maximum atomic E-state index is 12.8. The van der Waals surface area contributed by atoms with E-state index in [1.54, 1.807) is 26.1 Å². The predicted molar refractivity (Wildman–Crippen MR) is 120 cm³/mol. The molecule has 160 valence electrons.